The smallest absolute Gasteiger partial charge is 0.335 e. The van der Waals surface area contributed by atoms with Gasteiger partial charge in [-0.25, -0.2) is 8.42 Å². The van der Waals surface area contributed by atoms with Crippen LogP contribution >= 0.6 is 11.8 Å². The van der Waals surface area contributed by atoms with Crippen molar-refractivity contribution in [2.75, 3.05) is 11.4 Å². The molecule has 41 heavy (non-hydrogen) atoms. The molecule has 3 amide bonds. The van der Waals surface area contributed by atoms with E-state index < -0.39 is 26.7 Å². The van der Waals surface area contributed by atoms with E-state index in [0.717, 1.165) is 12.0 Å². The first kappa shape index (κ1) is 29.4. The number of amides is 3. The van der Waals surface area contributed by atoms with Crippen molar-refractivity contribution in [1.82, 2.24) is 9.62 Å². The van der Waals surface area contributed by atoms with Crippen LogP contribution in [-0.4, -0.2) is 54.4 Å². The molecule has 2 fully saturated rings. The molecule has 0 aromatic heterocycles. The molecule has 1 heterocycles. The van der Waals surface area contributed by atoms with E-state index in [1.807, 2.05) is 19.1 Å². The molecule has 2 saturated carbocycles. The van der Waals surface area contributed by atoms with Gasteiger partial charge in [0.15, 0.2) is 0 Å². The third-order valence-electron chi connectivity index (χ3n) is 7.88. The molecule has 8 nitrogen and oxygen atoms in total. The highest BCUT2D eigenvalue weighted by Gasteiger charge is 2.51. The van der Waals surface area contributed by atoms with E-state index in [0.29, 0.717) is 31.5 Å². The summed E-state index contributed by atoms with van der Waals surface area (Å²) in [6.45, 7) is 2.19. The number of carbonyl (C=O) groups excluding carboxylic acids is 3. The molecule has 3 atom stereocenters. The summed E-state index contributed by atoms with van der Waals surface area (Å²) >= 11 is -0.239. The van der Waals surface area contributed by atoms with E-state index in [4.69, 9.17) is 0 Å². The summed E-state index contributed by atoms with van der Waals surface area (Å²) in [6.07, 6.45) is 2.11. The number of hydrogen-bond acceptors (Lipinski definition) is 6. The second-order valence-electron chi connectivity index (χ2n) is 10.5. The van der Waals surface area contributed by atoms with Gasteiger partial charge in [0.1, 0.15) is 0 Å². The number of benzene rings is 2. The SMILES string of the molecule is CCN(C(=O)CCC(=O)NS(=O)(=O)C1CC1)[C@H]1c2ccccc2N(C(=O)c2ccc(SC(F)(F)F)cc2)[C@@H]2CC[C@@H]21. The molecule has 0 spiro atoms. The monoisotopic (exact) mass is 609 g/mol. The number of fused-ring (bicyclic) bond motifs is 2. The molecular formula is C28H30F3N3O5S2. The maximum Gasteiger partial charge on any atom is 0.446 e. The van der Waals surface area contributed by atoms with E-state index in [-0.39, 0.29) is 64.9 Å². The Morgan fingerprint density at radius 1 is 1.00 bits per heavy atom. The van der Waals surface area contributed by atoms with Gasteiger partial charge in [-0.2, -0.15) is 13.2 Å². The number of hydrogen-bond donors (Lipinski definition) is 1. The second-order valence-corrected chi connectivity index (χ2v) is 13.6. The quantitative estimate of drug-likeness (QED) is 0.401. The zero-order valence-electron chi connectivity index (χ0n) is 22.3. The predicted molar refractivity (Wildman–Crippen MR) is 148 cm³/mol. The van der Waals surface area contributed by atoms with Crippen LogP contribution in [0.2, 0.25) is 0 Å². The van der Waals surface area contributed by atoms with Gasteiger partial charge >= 0.3 is 5.51 Å². The molecular weight excluding hydrogens is 579 g/mol. The fourth-order valence-corrected chi connectivity index (χ4v) is 7.61. The van der Waals surface area contributed by atoms with Crippen LogP contribution in [0.3, 0.4) is 0 Å². The Kier molecular flexibility index (Phi) is 8.12. The van der Waals surface area contributed by atoms with Gasteiger partial charge < -0.3 is 9.80 Å². The third kappa shape index (κ3) is 6.25. The summed E-state index contributed by atoms with van der Waals surface area (Å²) in [7, 11) is -3.69. The standard InChI is InChI=1S/C28H30F3N3O5S2/c1-2-33(25(36)16-15-24(35)32-41(38,39)19-11-12-19)26-20-5-3-4-6-22(20)34(23-14-13-21(23)26)27(37)17-7-9-18(10-8-17)40-28(29,30)31/h3-10,19,21,23,26H,2,11-16H2,1H3,(H,32,35)/t21-,23+,26-/m0/s1. The van der Waals surface area contributed by atoms with Gasteiger partial charge in [0, 0.05) is 47.5 Å². The largest absolute Gasteiger partial charge is 0.446 e. The lowest BCUT2D eigenvalue weighted by molar-refractivity contribution is -0.137. The maximum absolute atomic E-state index is 13.7. The Bertz CT molecular complexity index is 1440. The first-order chi connectivity index (χ1) is 19.4. The molecule has 0 unspecified atom stereocenters. The first-order valence-corrected chi connectivity index (χ1v) is 15.9. The van der Waals surface area contributed by atoms with Gasteiger partial charge in [-0.15, -0.1) is 0 Å². The summed E-state index contributed by atoms with van der Waals surface area (Å²) in [5, 5.41) is -0.536. The van der Waals surface area contributed by atoms with Gasteiger partial charge in [0.25, 0.3) is 5.91 Å². The molecule has 1 N–H and O–H groups in total. The molecule has 2 aromatic carbocycles. The van der Waals surface area contributed by atoms with E-state index >= 15 is 0 Å². The van der Waals surface area contributed by atoms with Crippen molar-refractivity contribution in [1.29, 1.82) is 0 Å². The fraction of sp³-hybridized carbons (Fsp3) is 0.464. The van der Waals surface area contributed by atoms with Crippen LogP contribution in [-0.2, 0) is 19.6 Å². The maximum atomic E-state index is 13.7. The van der Waals surface area contributed by atoms with Crippen LogP contribution < -0.4 is 9.62 Å². The summed E-state index contributed by atoms with van der Waals surface area (Å²) in [5.41, 5.74) is -2.74. The average molecular weight is 610 g/mol. The number of sulfonamides is 1. The topological polar surface area (TPSA) is 104 Å². The van der Waals surface area contributed by atoms with Crippen LogP contribution in [0.25, 0.3) is 0 Å². The number of nitrogens with zero attached hydrogens (tertiary/aromatic N) is 2. The fourth-order valence-electron chi connectivity index (χ4n) is 5.72. The minimum absolute atomic E-state index is 0.00870. The number of thioether (sulfide) groups is 1. The number of rotatable bonds is 9. The van der Waals surface area contributed by atoms with Crippen molar-refractivity contribution in [3.8, 4) is 0 Å². The minimum Gasteiger partial charge on any atom is -0.335 e. The Morgan fingerprint density at radius 2 is 1.68 bits per heavy atom. The van der Waals surface area contributed by atoms with Crippen molar-refractivity contribution in [3.05, 3.63) is 59.7 Å². The first-order valence-electron chi connectivity index (χ1n) is 13.5. The molecule has 2 aromatic rings. The number of carbonyl (C=O) groups is 3. The molecule has 220 valence electrons. The van der Waals surface area contributed by atoms with Crippen molar-refractivity contribution < 1.29 is 36.0 Å². The number of anilines is 1. The lowest BCUT2D eigenvalue weighted by Crippen LogP contribution is -2.58. The highest BCUT2D eigenvalue weighted by Crippen LogP contribution is 2.52. The van der Waals surface area contributed by atoms with Crippen molar-refractivity contribution >= 4 is 45.2 Å². The Balaban J connectivity index is 1.34. The highest BCUT2D eigenvalue weighted by atomic mass is 32.2. The Morgan fingerprint density at radius 3 is 2.27 bits per heavy atom. The van der Waals surface area contributed by atoms with Crippen LogP contribution in [0.15, 0.2) is 53.4 Å². The summed E-state index contributed by atoms with van der Waals surface area (Å²) in [5.74, 6) is -1.38. The van der Waals surface area contributed by atoms with Crippen LogP contribution in [0, 0.1) is 5.92 Å². The molecule has 1 aliphatic heterocycles. The molecule has 0 radical (unpaired) electrons. The molecule has 3 aliphatic rings. The number of halogens is 3. The molecule has 2 aliphatic carbocycles. The van der Waals surface area contributed by atoms with Crippen LogP contribution in [0.1, 0.15) is 67.4 Å². The van der Waals surface area contributed by atoms with E-state index in [1.54, 1.807) is 21.9 Å². The second kappa shape index (κ2) is 11.3. The van der Waals surface area contributed by atoms with Crippen molar-refractivity contribution in [3.63, 3.8) is 0 Å². The average Bonchev–Trinajstić information content (AvgIpc) is 3.75. The van der Waals surface area contributed by atoms with Crippen LogP contribution in [0.5, 0.6) is 0 Å². The zero-order valence-corrected chi connectivity index (χ0v) is 23.9. The van der Waals surface area contributed by atoms with Gasteiger partial charge in [-0.05, 0) is 80.3 Å². The molecule has 13 heteroatoms. The predicted octanol–water partition coefficient (Wildman–Crippen LogP) is 5.02. The minimum atomic E-state index is -4.42. The van der Waals surface area contributed by atoms with Crippen molar-refractivity contribution in [2.24, 2.45) is 5.92 Å². The lowest BCUT2D eigenvalue weighted by atomic mass is 9.67. The van der Waals surface area contributed by atoms with Crippen LogP contribution in [0.4, 0.5) is 18.9 Å². The lowest BCUT2D eigenvalue weighted by Gasteiger charge is -2.55. The number of para-hydroxylation sites is 1. The normalized spacial score (nSPS) is 21.8. The van der Waals surface area contributed by atoms with E-state index in [9.17, 15) is 36.0 Å². The summed E-state index contributed by atoms with van der Waals surface area (Å²) in [6, 6.07) is 12.1. The van der Waals surface area contributed by atoms with E-state index in [2.05, 4.69) is 4.72 Å². The van der Waals surface area contributed by atoms with E-state index in [1.165, 1.54) is 24.3 Å². The van der Waals surface area contributed by atoms with Gasteiger partial charge in [-0.1, -0.05) is 18.2 Å². The Hall–Kier alpha value is -3.06. The highest BCUT2D eigenvalue weighted by molar-refractivity contribution is 8.00. The zero-order chi connectivity index (χ0) is 29.5. The number of nitrogens with one attached hydrogen (secondary N) is 1. The molecule has 0 saturated heterocycles. The number of alkyl halides is 3. The molecule has 0 bridgehead atoms. The van der Waals surface area contributed by atoms with Gasteiger partial charge in [0.05, 0.1) is 11.3 Å². The van der Waals surface area contributed by atoms with Crippen molar-refractivity contribution in [2.45, 2.75) is 73.2 Å². The molecule has 5 rings (SSSR count). The van der Waals surface area contributed by atoms with Gasteiger partial charge in [0.2, 0.25) is 21.8 Å². The Labute approximate surface area is 240 Å². The summed E-state index contributed by atoms with van der Waals surface area (Å²) < 4.78 is 64.4. The van der Waals surface area contributed by atoms with Gasteiger partial charge in [-0.3, -0.25) is 19.1 Å². The third-order valence-corrected chi connectivity index (χ3v) is 10.5. The summed E-state index contributed by atoms with van der Waals surface area (Å²) in [4.78, 5) is 42.7.